The van der Waals surface area contributed by atoms with Crippen molar-refractivity contribution in [3.8, 4) is 0 Å². The molecule has 1 aliphatic heterocycles. The fourth-order valence-electron chi connectivity index (χ4n) is 2.35. The Morgan fingerprint density at radius 3 is 2.48 bits per heavy atom. The molecule has 0 aromatic heterocycles. The van der Waals surface area contributed by atoms with Gasteiger partial charge in [-0.2, -0.15) is 13.2 Å². The molecule has 5 nitrogen and oxygen atoms in total. The molecule has 0 radical (unpaired) electrons. The summed E-state index contributed by atoms with van der Waals surface area (Å²) in [6, 6.07) is 2.75. The van der Waals surface area contributed by atoms with E-state index in [4.69, 9.17) is 16.7 Å². The molecule has 126 valence electrons. The van der Waals surface area contributed by atoms with Gasteiger partial charge in [-0.15, -0.1) is 0 Å². The van der Waals surface area contributed by atoms with Gasteiger partial charge in [0, 0.05) is 13.1 Å². The zero-order valence-corrected chi connectivity index (χ0v) is 12.2. The van der Waals surface area contributed by atoms with Crippen molar-refractivity contribution in [2.24, 2.45) is 11.8 Å². The number of likely N-dealkylation sites (tertiary alicyclic amines) is 1. The van der Waals surface area contributed by atoms with Gasteiger partial charge in [0.15, 0.2) is 5.82 Å². The summed E-state index contributed by atoms with van der Waals surface area (Å²) in [7, 11) is 0. The van der Waals surface area contributed by atoms with Crippen LogP contribution < -0.4 is 5.32 Å². The lowest BCUT2D eigenvalue weighted by atomic mass is 9.96. The highest BCUT2D eigenvalue weighted by atomic mass is 35.5. The normalized spacial score (nSPS) is 21.3. The van der Waals surface area contributed by atoms with Crippen molar-refractivity contribution in [2.45, 2.75) is 6.18 Å². The first-order valence-corrected chi connectivity index (χ1v) is 6.78. The van der Waals surface area contributed by atoms with E-state index >= 15 is 0 Å². The maximum Gasteiger partial charge on any atom is 0.394 e. The van der Waals surface area contributed by atoms with Crippen molar-refractivity contribution >= 4 is 29.3 Å². The predicted octanol–water partition coefficient (Wildman–Crippen LogP) is 3.21. The Hall–Kier alpha value is -2.03. The largest absolute Gasteiger partial charge is 0.481 e. The molecule has 2 N–H and O–H groups in total. The maximum atomic E-state index is 13.7. The van der Waals surface area contributed by atoms with Gasteiger partial charge in [0.05, 0.1) is 22.5 Å². The van der Waals surface area contributed by atoms with E-state index in [1.807, 2.05) is 0 Å². The van der Waals surface area contributed by atoms with Gasteiger partial charge in [0.1, 0.15) is 0 Å². The van der Waals surface area contributed by atoms with Crippen LogP contribution in [0.2, 0.25) is 5.02 Å². The highest BCUT2D eigenvalue weighted by molar-refractivity contribution is 6.31. The molecule has 1 aromatic rings. The third-order valence-corrected chi connectivity index (χ3v) is 3.83. The molecule has 1 saturated heterocycles. The Kier molecular flexibility index (Phi) is 4.69. The van der Waals surface area contributed by atoms with Crippen molar-refractivity contribution in [1.82, 2.24) is 4.90 Å². The van der Waals surface area contributed by atoms with Gasteiger partial charge >= 0.3 is 18.2 Å². The van der Waals surface area contributed by atoms with Gasteiger partial charge in [-0.25, -0.2) is 9.18 Å². The van der Waals surface area contributed by atoms with Crippen LogP contribution >= 0.6 is 11.6 Å². The summed E-state index contributed by atoms with van der Waals surface area (Å²) < 4.78 is 52.2. The Balaban J connectivity index is 2.15. The van der Waals surface area contributed by atoms with Crippen LogP contribution in [-0.4, -0.2) is 41.3 Å². The van der Waals surface area contributed by atoms with Crippen molar-refractivity contribution in [2.75, 3.05) is 18.4 Å². The zero-order valence-electron chi connectivity index (χ0n) is 11.4. The van der Waals surface area contributed by atoms with Crippen LogP contribution in [0.25, 0.3) is 0 Å². The quantitative estimate of drug-likeness (QED) is 0.801. The third kappa shape index (κ3) is 3.66. The molecule has 2 atom stereocenters. The first-order chi connectivity index (χ1) is 10.6. The maximum absolute atomic E-state index is 13.7. The van der Waals surface area contributed by atoms with Gasteiger partial charge < -0.3 is 15.3 Å². The van der Waals surface area contributed by atoms with Crippen molar-refractivity contribution in [3.63, 3.8) is 0 Å². The van der Waals surface area contributed by atoms with Gasteiger partial charge in [-0.05, 0) is 12.1 Å². The second kappa shape index (κ2) is 6.23. The SMILES string of the molecule is O=C(O)[C@@H]1CN(C(=O)Nc2cccc(Cl)c2F)C[C@H]1C(F)(F)F. The summed E-state index contributed by atoms with van der Waals surface area (Å²) >= 11 is 5.54. The van der Waals surface area contributed by atoms with E-state index in [0.717, 1.165) is 0 Å². The number of benzene rings is 1. The minimum Gasteiger partial charge on any atom is -0.481 e. The molecule has 10 heteroatoms. The lowest BCUT2D eigenvalue weighted by molar-refractivity contribution is -0.187. The number of rotatable bonds is 2. The van der Waals surface area contributed by atoms with Crippen molar-refractivity contribution < 1.29 is 32.3 Å². The number of nitrogens with zero attached hydrogens (tertiary/aromatic N) is 1. The number of carbonyl (C=O) groups excluding carboxylic acids is 1. The predicted molar refractivity (Wildman–Crippen MR) is 72.7 cm³/mol. The van der Waals surface area contributed by atoms with E-state index in [1.54, 1.807) is 0 Å². The molecule has 1 heterocycles. The smallest absolute Gasteiger partial charge is 0.394 e. The Morgan fingerprint density at radius 1 is 1.30 bits per heavy atom. The topological polar surface area (TPSA) is 69.6 Å². The minimum absolute atomic E-state index is 0.263. The van der Waals surface area contributed by atoms with Crippen LogP contribution in [0.15, 0.2) is 18.2 Å². The molecule has 23 heavy (non-hydrogen) atoms. The third-order valence-electron chi connectivity index (χ3n) is 3.54. The molecule has 0 bridgehead atoms. The monoisotopic (exact) mass is 354 g/mol. The number of aliphatic carboxylic acids is 1. The Bertz CT molecular complexity index is 638. The molecule has 0 saturated carbocycles. The number of hydrogen-bond donors (Lipinski definition) is 2. The van der Waals surface area contributed by atoms with E-state index in [9.17, 15) is 27.2 Å². The number of nitrogens with one attached hydrogen (secondary N) is 1. The first-order valence-electron chi connectivity index (χ1n) is 6.40. The van der Waals surface area contributed by atoms with Crippen LogP contribution in [0.4, 0.5) is 28.0 Å². The molecule has 2 amide bonds. The Labute approximate surface area is 132 Å². The lowest BCUT2D eigenvalue weighted by Crippen LogP contribution is -2.35. The molecular weight excluding hydrogens is 344 g/mol. The van der Waals surface area contributed by atoms with Gasteiger partial charge in [-0.3, -0.25) is 4.79 Å². The second-order valence-electron chi connectivity index (χ2n) is 5.03. The van der Waals surface area contributed by atoms with Crippen LogP contribution in [0.5, 0.6) is 0 Å². The van der Waals surface area contributed by atoms with E-state index in [2.05, 4.69) is 5.32 Å². The molecule has 0 spiro atoms. The number of carboxylic acid groups (broad SMARTS) is 1. The van der Waals surface area contributed by atoms with Crippen molar-refractivity contribution in [1.29, 1.82) is 0 Å². The molecule has 1 aromatic carbocycles. The number of carbonyl (C=O) groups is 2. The first kappa shape index (κ1) is 17.3. The number of alkyl halides is 3. The van der Waals surface area contributed by atoms with E-state index in [1.165, 1.54) is 18.2 Å². The van der Waals surface area contributed by atoms with Gasteiger partial charge in [-0.1, -0.05) is 17.7 Å². The van der Waals surface area contributed by atoms with Crippen LogP contribution in [-0.2, 0) is 4.79 Å². The van der Waals surface area contributed by atoms with E-state index < -0.39 is 48.9 Å². The highest BCUT2D eigenvalue weighted by Gasteiger charge is 2.53. The van der Waals surface area contributed by atoms with Crippen LogP contribution in [0, 0.1) is 17.7 Å². The number of anilines is 1. The molecular formula is C13H11ClF4N2O3. The average Bonchev–Trinajstić information content (AvgIpc) is 2.89. The molecule has 0 unspecified atom stereocenters. The minimum atomic E-state index is -4.75. The number of halogens is 5. The number of amides is 2. The van der Waals surface area contributed by atoms with Crippen LogP contribution in [0.3, 0.4) is 0 Å². The van der Waals surface area contributed by atoms with E-state index in [-0.39, 0.29) is 10.7 Å². The van der Waals surface area contributed by atoms with Crippen LogP contribution in [0.1, 0.15) is 0 Å². The van der Waals surface area contributed by atoms with Gasteiger partial charge in [0.2, 0.25) is 0 Å². The summed E-state index contributed by atoms with van der Waals surface area (Å²) in [4.78, 5) is 23.6. The number of hydrogen-bond acceptors (Lipinski definition) is 2. The lowest BCUT2D eigenvalue weighted by Gasteiger charge is -2.19. The molecule has 0 aliphatic carbocycles. The number of carboxylic acids is 1. The summed E-state index contributed by atoms with van der Waals surface area (Å²) in [5, 5.41) is 10.7. The molecule has 2 rings (SSSR count). The second-order valence-corrected chi connectivity index (χ2v) is 5.44. The average molecular weight is 355 g/mol. The number of urea groups is 1. The fraction of sp³-hybridized carbons (Fsp3) is 0.385. The van der Waals surface area contributed by atoms with E-state index in [0.29, 0.717) is 4.90 Å². The fourth-order valence-corrected chi connectivity index (χ4v) is 2.52. The summed E-state index contributed by atoms with van der Waals surface area (Å²) in [5.41, 5.74) is -0.301. The zero-order chi connectivity index (χ0) is 17.4. The summed E-state index contributed by atoms with van der Waals surface area (Å²) in [5.74, 6) is -6.50. The summed E-state index contributed by atoms with van der Waals surface area (Å²) in [6.07, 6.45) is -4.75. The highest BCUT2D eigenvalue weighted by Crippen LogP contribution is 2.38. The van der Waals surface area contributed by atoms with Gasteiger partial charge in [0.25, 0.3) is 0 Å². The molecule has 1 aliphatic rings. The molecule has 1 fully saturated rings. The van der Waals surface area contributed by atoms with Crippen molar-refractivity contribution in [3.05, 3.63) is 29.0 Å². The summed E-state index contributed by atoms with van der Waals surface area (Å²) in [6.45, 7) is -1.43. The Morgan fingerprint density at radius 2 is 1.96 bits per heavy atom. The standard InChI is InChI=1S/C13H11ClF4N2O3/c14-8-2-1-3-9(10(8)15)19-12(23)20-4-6(11(21)22)7(5-20)13(16,17)18/h1-3,6-7H,4-5H2,(H,19,23)(H,21,22)/t6-,7-/m1/s1.